The molecule has 0 heterocycles. The highest BCUT2D eigenvalue weighted by molar-refractivity contribution is 7.33. The van der Waals surface area contributed by atoms with Gasteiger partial charge in [-0.15, -0.1) is 22.2 Å². The topological polar surface area (TPSA) is 26.3 Å². The van der Waals surface area contributed by atoms with Crippen LogP contribution in [0, 0.1) is 0 Å². The Kier molecular flexibility index (Phi) is 4.77. The van der Waals surface area contributed by atoms with Gasteiger partial charge in [0.25, 0.3) is 7.42 Å². The van der Waals surface area contributed by atoms with Crippen molar-refractivity contribution in [2.24, 2.45) is 0 Å². The molecule has 0 rings (SSSR count). The molecule has 0 saturated carbocycles. The Balaban J connectivity index is 3.50. The monoisotopic (exact) mass is 198 g/mol. The van der Waals surface area contributed by atoms with Crippen LogP contribution in [0.3, 0.4) is 0 Å². The lowest BCUT2D eigenvalue weighted by atomic mass is 10.4. The van der Waals surface area contributed by atoms with Gasteiger partial charge in [-0.2, -0.15) is 0 Å². The molecule has 58 valence electrons. The minimum Gasteiger partial charge on any atom is -0.463 e. The Bertz CT molecular complexity index is 147. The highest BCUT2D eigenvalue weighted by atomic mass is 35.7. The molecule has 0 spiro atoms. The van der Waals surface area contributed by atoms with Gasteiger partial charge >= 0.3 is 5.97 Å². The number of hydrogen-bond donors (Lipinski definition) is 0. The molecule has 0 aromatic heterocycles. The predicted molar refractivity (Wildman–Crippen MR) is 44.6 cm³/mol. The highest BCUT2D eigenvalue weighted by Crippen LogP contribution is 1.98. The lowest BCUT2D eigenvalue weighted by Gasteiger charge is -2.01. The van der Waals surface area contributed by atoms with E-state index in [4.69, 9.17) is 22.2 Å². The van der Waals surface area contributed by atoms with Crippen LogP contribution in [-0.4, -0.2) is 19.6 Å². The third-order valence-electron chi connectivity index (χ3n) is 0.689. The fourth-order valence-electron chi connectivity index (χ4n) is 0.262. The summed E-state index contributed by atoms with van der Waals surface area (Å²) in [5, 5.41) is 0. The van der Waals surface area contributed by atoms with Gasteiger partial charge in [0.15, 0.2) is 0 Å². The van der Waals surface area contributed by atoms with Crippen molar-refractivity contribution in [2.45, 2.75) is 6.92 Å². The zero-order valence-electron chi connectivity index (χ0n) is 5.56. The molecule has 0 aliphatic carbocycles. The Labute approximate surface area is 70.8 Å². The van der Waals surface area contributed by atoms with E-state index in [-0.39, 0.29) is 6.23 Å². The third kappa shape index (κ3) is 4.85. The standard InChI is InChI=1S/C5H8Cl2O2Si/c1-4(2)5(8)9-3-10(6)7/h10H,1,3H2,2H3. The van der Waals surface area contributed by atoms with Crippen LogP contribution < -0.4 is 0 Å². The predicted octanol–water partition coefficient (Wildman–Crippen LogP) is 1.34. The van der Waals surface area contributed by atoms with Crippen molar-refractivity contribution in [1.29, 1.82) is 0 Å². The molecule has 0 amide bonds. The van der Waals surface area contributed by atoms with Gasteiger partial charge in [0.05, 0.1) is 0 Å². The van der Waals surface area contributed by atoms with Gasteiger partial charge in [-0.05, 0) is 6.92 Å². The third-order valence-corrected chi connectivity index (χ3v) is 1.86. The number of esters is 1. The molecule has 0 aliphatic rings. The molecule has 0 bridgehead atoms. The van der Waals surface area contributed by atoms with Crippen molar-refractivity contribution < 1.29 is 9.53 Å². The van der Waals surface area contributed by atoms with Crippen LogP contribution in [0.1, 0.15) is 6.92 Å². The molecule has 10 heavy (non-hydrogen) atoms. The molecule has 0 atom stereocenters. The molecule has 0 unspecified atom stereocenters. The van der Waals surface area contributed by atoms with E-state index < -0.39 is 13.4 Å². The van der Waals surface area contributed by atoms with E-state index in [0.29, 0.717) is 5.57 Å². The molecule has 0 aromatic carbocycles. The van der Waals surface area contributed by atoms with Crippen molar-refractivity contribution in [2.75, 3.05) is 6.23 Å². The number of ether oxygens (including phenoxy) is 1. The first-order valence-electron chi connectivity index (χ1n) is 2.65. The van der Waals surface area contributed by atoms with Gasteiger partial charge in [-0.3, -0.25) is 0 Å². The molecule has 0 fully saturated rings. The van der Waals surface area contributed by atoms with Crippen LogP contribution in [-0.2, 0) is 9.53 Å². The second kappa shape index (κ2) is 4.77. The second-order valence-corrected chi connectivity index (χ2v) is 6.72. The van der Waals surface area contributed by atoms with Crippen LogP contribution in [0.25, 0.3) is 0 Å². The molecule has 0 saturated heterocycles. The zero-order valence-corrected chi connectivity index (χ0v) is 8.23. The van der Waals surface area contributed by atoms with E-state index >= 15 is 0 Å². The summed E-state index contributed by atoms with van der Waals surface area (Å²) in [5.74, 6) is -0.432. The highest BCUT2D eigenvalue weighted by Gasteiger charge is 2.07. The van der Waals surface area contributed by atoms with Crippen LogP contribution in [0.4, 0.5) is 0 Å². The number of carbonyl (C=O) groups excluding carboxylic acids is 1. The zero-order chi connectivity index (χ0) is 8.15. The normalized spacial score (nSPS) is 9.60. The Morgan fingerprint density at radius 3 is 2.50 bits per heavy atom. The van der Waals surface area contributed by atoms with Gasteiger partial charge in [-0.1, -0.05) is 6.58 Å². The van der Waals surface area contributed by atoms with Gasteiger partial charge in [0.1, 0.15) is 6.23 Å². The maximum absolute atomic E-state index is 10.6. The van der Waals surface area contributed by atoms with Crippen LogP contribution >= 0.6 is 22.2 Å². The SMILES string of the molecule is C=C(C)C(=O)OC[SiH](Cl)Cl. The number of hydrogen-bond acceptors (Lipinski definition) is 2. The molecule has 0 N–H and O–H groups in total. The van der Waals surface area contributed by atoms with Crippen molar-refractivity contribution >= 4 is 35.5 Å². The molecule has 5 heteroatoms. The molecule has 0 aromatic rings. The van der Waals surface area contributed by atoms with Gasteiger partial charge < -0.3 is 4.74 Å². The molecule has 2 nitrogen and oxygen atoms in total. The Hall–Kier alpha value is 0.00688. The summed E-state index contributed by atoms with van der Waals surface area (Å²) in [4.78, 5) is 10.6. The largest absolute Gasteiger partial charge is 0.463 e. The van der Waals surface area contributed by atoms with Gasteiger partial charge in [0, 0.05) is 5.57 Å². The van der Waals surface area contributed by atoms with Crippen molar-refractivity contribution in [3.05, 3.63) is 12.2 Å². The van der Waals surface area contributed by atoms with Crippen molar-refractivity contribution in [3.8, 4) is 0 Å². The summed E-state index contributed by atoms with van der Waals surface area (Å²) >= 11 is 10.8. The summed E-state index contributed by atoms with van der Waals surface area (Å²) in [6.45, 7) is 4.96. The fourth-order valence-corrected chi connectivity index (χ4v) is 0.917. The average molecular weight is 199 g/mol. The maximum atomic E-state index is 10.6. The van der Waals surface area contributed by atoms with Gasteiger partial charge in [0.2, 0.25) is 0 Å². The Morgan fingerprint density at radius 1 is 1.70 bits per heavy atom. The first-order chi connectivity index (χ1) is 4.54. The smallest absolute Gasteiger partial charge is 0.332 e. The lowest BCUT2D eigenvalue weighted by Crippen LogP contribution is -2.13. The lowest BCUT2D eigenvalue weighted by molar-refractivity contribution is -0.137. The minimum absolute atomic E-state index is 0.148. The van der Waals surface area contributed by atoms with E-state index in [2.05, 4.69) is 11.3 Å². The number of halogens is 2. The summed E-state index contributed by atoms with van der Waals surface area (Å²) < 4.78 is 4.62. The van der Waals surface area contributed by atoms with Crippen molar-refractivity contribution in [3.63, 3.8) is 0 Å². The quantitative estimate of drug-likeness (QED) is 0.297. The van der Waals surface area contributed by atoms with Crippen LogP contribution in [0.2, 0.25) is 0 Å². The summed E-state index contributed by atoms with van der Waals surface area (Å²) in [7, 11) is -1.81. The molecular weight excluding hydrogens is 191 g/mol. The number of carbonyl (C=O) groups is 1. The maximum Gasteiger partial charge on any atom is 0.332 e. The Morgan fingerprint density at radius 2 is 2.20 bits per heavy atom. The van der Waals surface area contributed by atoms with Crippen LogP contribution in [0.5, 0.6) is 0 Å². The molecular formula is C5H8Cl2O2Si. The average Bonchev–Trinajstić information content (AvgIpc) is 1.82. The first kappa shape index (κ1) is 10.0. The van der Waals surface area contributed by atoms with Crippen LogP contribution in [0.15, 0.2) is 12.2 Å². The summed E-state index contributed by atoms with van der Waals surface area (Å²) in [6.07, 6.45) is 0.148. The number of rotatable bonds is 3. The second-order valence-electron chi connectivity index (χ2n) is 1.77. The fraction of sp³-hybridized carbons (Fsp3) is 0.400. The molecule has 0 radical (unpaired) electrons. The van der Waals surface area contributed by atoms with Gasteiger partial charge in [-0.25, -0.2) is 4.79 Å². The van der Waals surface area contributed by atoms with Crippen molar-refractivity contribution in [1.82, 2.24) is 0 Å². The van der Waals surface area contributed by atoms with E-state index in [1.165, 1.54) is 0 Å². The first-order valence-corrected chi connectivity index (χ1v) is 6.95. The summed E-state index contributed by atoms with van der Waals surface area (Å²) in [5.41, 5.74) is 0.364. The minimum atomic E-state index is -1.81. The van der Waals surface area contributed by atoms with E-state index in [0.717, 1.165) is 0 Å². The van der Waals surface area contributed by atoms with E-state index in [1.54, 1.807) is 6.92 Å². The molecule has 0 aliphatic heterocycles. The van der Waals surface area contributed by atoms with E-state index in [9.17, 15) is 4.79 Å². The summed E-state index contributed by atoms with van der Waals surface area (Å²) in [6, 6.07) is 0. The van der Waals surface area contributed by atoms with E-state index in [1.807, 2.05) is 0 Å².